The minimum absolute atomic E-state index is 0.180. The van der Waals surface area contributed by atoms with Crippen LogP contribution in [-0.2, 0) is 28.6 Å². The molecular weight excluding hydrogens is 384 g/mol. The lowest BCUT2D eigenvalue weighted by Gasteiger charge is -2.12. The zero-order valence-electron chi connectivity index (χ0n) is 18.5. The molecule has 0 aliphatic carbocycles. The lowest BCUT2D eigenvalue weighted by Crippen LogP contribution is -2.14. The van der Waals surface area contributed by atoms with Crippen LogP contribution in [0, 0.1) is 0 Å². The normalized spacial score (nSPS) is 26.9. The molecule has 0 amide bonds. The monoisotopic (exact) mass is 420 g/mol. The number of carbonyl (C=O) groups excluding carboxylic acids is 3. The molecule has 1 aliphatic rings. The molecule has 0 saturated carbocycles. The highest BCUT2D eigenvalue weighted by Gasteiger charge is 2.10. The fourth-order valence-electron chi connectivity index (χ4n) is 2.88. The Kier molecular flexibility index (Phi) is 13.2. The van der Waals surface area contributed by atoms with Crippen molar-refractivity contribution in [3.05, 3.63) is 36.5 Å². The summed E-state index contributed by atoms with van der Waals surface area (Å²) in [6.45, 7) is 5.58. The van der Waals surface area contributed by atoms with E-state index in [0.717, 1.165) is 19.3 Å². The van der Waals surface area contributed by atoms with Crippen molar-refractivity contribution in [2.24, 2.45) is 0 Å². The summed E-state index contributed by atoms with van der Waals surface area (Å²) in [6, 6.07) is 0. The van der Waals surface area contributed by atoms with E-state index in [1.165, 1.54) is 0 Å². The molecule has 0 aromatic carbocycles. The lowest BCUT2D eigenvalue weighted by atomic mass is 10.2. The van der Waals surface area contributed by atoms with Gasteiger partial charge in [-0.1, -0.05) is 36.5 Å². The molecule has 0 radical (unpaired) electrons. The molecule has 0 unspecified atom stereocenters. The van der Waals surface area contributed by atoms with Gasteiger partial charge in [0, 0.05) is 0 Å². The van der Waals surface area contributed by atoms with E-state index in [2.05, 4.69) is 0 Å². The number of allylic oxidation sites excluding steroid dienone is 3. The standard InChI is InChI=1S/C24H36O6/c1-19-13-7-4-10-17-23(26)29-21(3)15-9-6-12-18-24(27)30-20(2)14-8-5-11-16-22(25)28-19/h4-6,10-12,19-21H,7-9,13-18H2,1-3H3/t19-,20-,21-/m1/s1. The predicted molar refractivity (Wildman–Crippen MR) is 116 cm³/mol. The van der Waals surface area contributed by atoms with Gasteiger partial charge in [0.1, 0.15) is 0 Å². The zero-order chi connectivity index (χ0) is 22.2. The van der Waals surface area contributed by atoms with Crippen molar-refractivity contribution in [1.82, 2.24) is 0 Å². The zero-order valence-corrected chi connectivity index (χ0v) is 18.5. The Balaban J connectivity index is 2.58. The van der Waals surface area contributed by atoms with Crippen LogP contribution in [0.5, 0.6) is 0 Å². The Labute approximate surface area is 180 Å². The Morgan fingerprint density at radius 2 is 0.800 bits per heavy atom. The molecular formula is C24H36O6. The van der Waals surface area contributed by atoms with Crippen molar-refractivity contribution in [1.29, 1.82) is 0 Å². The van der Waals surface area contributed by atoms with Gasteiger partial charge in [0.25, 0.3) is 0 Å². The average Bonchev–Trinajstić information content (AvgIpc) is 2.66. The molecule has 1 rings (SSSR count). The molecule has 6 nitrogen and oxygen atoms in total. The van der Waals surface area contributed by atoms with Crippen molar-refractivity contribution >= 4 is 17.9 Å². The fourth-order valence-corrected chi connectivity index (χ4v) is 2.88. The first-order valence-electron chi connectivity index (χ1n) is 10.9. The van der Waals surface area contributed by atoms with Gasteiger partial charge in [-0.3, -0.25) is 14.4 Å². The van der Waals surface area contributed by atoms with Crippen molar-refractivity contribution in [3.63, 3.8) is 0 Å². The molecule has 0 aromatic heterocycles. The SMILES string of the molecule is C[C@@H]1CCC=CCC(=O)O[C@H](C)CCC=CCC(=O)O[C@H](C)CCC=CCC(=O)O1. The fraction of sp³-hybridized carbons (Fsp3) is 0.625. The number of rotatable bonds is 0. The van der Waals surface area contributed by atoms with Gasteiger partial charge in [-0.05, 0) is 59.3 Å². The quantitative estimate of drug-likeness (QED) is 0.313. The van der Waals surface area contributed by atoms with Gasteiger partial charge in [0.05, 0.1) is 37.6 Å². The molecule has 0 aromatic rings. The molecule has 0 spiro atoms. The molecule has 1 aliphatic heterocycles. The Bertz CT molecular complexity index is 534. The number of ether oxygens (including phenoxy) is 3. The second-order valence-electron chi connectivity index (χ2n) is 7.66. The van der Waals surface area contributed by atoms with E-state index in [1.54, 1.807) is 18.2 Å². The van der Waals surface area contributed by atoms with E-state index in [4.69, 9.17) is 14.2 Å². The van der Waals surface area contributed by atoms with Gasteiger partial charge in [-0.2, -0.15) is 0 Å². The minimum atomic E-state index is -0.263. The molecule has 6 heteroatoms. The molecule has 0 saturated heterocycles. The molecule has 30 heavy (non-hydrogen) atoms. The summed E-state index contributed by atoms with van der Waals surface area (Å²) in [5.41, 5.74) is 0. The van der Waals surface area contributed by atoms with Crippen LogP contribution >= 0.6 is 0 Å². The van der Waals surface area contributed by atoms with Crippen molar-refractivity contribution in [3.8, 4) is 0 Å². The van der Waals surface area contributed by atoms with Gasteiger partial charge in [-0.15, -0.1) is 0 Å². The highest BCUT2D eigenvalue weighted by Crippen LogP contribution is 2.09. The minimum Gasteiger partial charge on any atom is -0.462 e. The number of hydrogen-bond donors (Lipinski definition) is 0. The maximum Gasteiger partial charge on any atom is 0.309 e. The average molecular weight is 421 g/mol. The predicted octanol–water partition coefficient (Wildman–Crippen LogP) is 4.97. The largest absolute Gasteiger partial charge is 0.462 e. The molecule has 0 N–H and O–H groups in total. The van der Waals surface area contributed by atoms with E-state index in [-0.39, 0.29) is 55.5 Å². The molecule has 168 valence electrons. The van der Waals surface area contributed by atoms with E-state index >= 15 is 0 Å². The summed E-state index contributed by atoms with van der Waals surface area (Å²) in [5.74, 6) is -0.789. The van der Waals surface area contributed by atoms with Crippen LogP contribution in [-0.4, -0.2) is 36.2 Å². The summed E-state index contributed by atoms with van der Waals surface area (Å²) < 4.78 is 16.1. The summed E-state index contributed by atoms with van der Waals surface area (Å²) in [4.78, 5) is 35.6. The topological polar surface area (TPSA) is 78.9 Å². The van der Waals surface area contributed by atoms with Crippen molar-refractivity contribution in [2.75, 3.05) is 0 Å². The van der Waals surface area contributed by atoms with E-state index in [0.29, 0.717) is 19.3 Å². The number of esters is 3. The van der Waals surface area contributed by atoms with Gasteiger partial charge in [0.15, 0.2) is 0 Å². The van der Waals surface area contributed by atoms with Crippen molar-refractivity contribution < 1.29 is 28.6 Å². The van der Waals surface area contributed by atoms with E-state index in [1.807, 2.05) is 39.0 Å². The summed E-state index contributed by atoms with van der Waals surface area (Å²) in [6.07, 6.45) is 15.5. The Morgan fingerprint density at radius 3 is 1.07 bits per heavy atom. The maximum absolute atomic E-state index is 11.9. The van der Waals surface area contributed by atoms with Crippen LogP contribution < -0.4 is 0 Å². The van der Waals surface area contributed by atoms with Crippen LogP contribution in [0.15, 0.2) is 36.5 Å². The first-order valence-corrected chi connectivity index (χ1v) is 10.9. The Hall–Kier alpha value is -2.37. The third kappa shape index (κ3) is 13.7. The van der Waals surface area contributed by atoms with Gasteiger partial charge >= 0.3 is 17.9 Å². The van der Waals surface area contributed by atoms with Crippen LogP contribution in [0.4, 0.5) is 0 Å². The van der Waals surface area contributed by atoms with Crippen LogP contribution in [0.1, 0.15) is 78.6 Å². The third-order valence-electron chi connectivity index (χ3n) is 4.57. The molecule has 3 atom stereocenters. The molecule has 0 fully saturated rings. The third-order valence-corrected chi connectivity index (χ3v) is 4.57. The molecule has 0 bridgehead atoms. The summed E-state index contributed by atoms with van der Waals surface area (Å²) in [7, 11) is 0. The van der Waals surface area contributed by atoms with Crippen LogP contribution in [0.2, 0.25) is 0 Å². The first kappa shape index (κ1) is 25.7. The Morgan fingerprint density at radius 1 is 0.533 bits per heavy atom. The van der Waals surface area contributed by atoms with Crippen LogP contribution in [0.25, 0.3) is 0 Å². The first-order chi connectivity index (χ1) is 14.4. The summed E-state index contributed by atoms with van der Waals surface area (Å²) in [5, 5.41) is 0. The van der Waals surface area contributed by atoms with Crippen molar-refractivity contribution in [2.45, 2.75) is 96.9 Å². The lowest BCUT2D eigenvalue weighted by molar-refractivity contribution is -0.148. The highest BCUT2D eigenvalue weighted by molar-refractivity contribution is 5.72. The smallest absolute Gasteiger partial charge is 0.309 e. The number of cyclic esters (lactones) is 3. The maximum atomic E-state index is 11.9. The van der Waals surface area contributed by atoms with Crippen LogP contribution in [0.3, 0.4) is 0 Å². The summed E-state index contributed by atoms with van der Waals surface area (Å²) >= 11 is 0. The van der Waals surface area contributed by atoms with E-state index in [9.17, 15) is 14.4 Å². The van der Waals surface area contributed by atoms with Gasteiger partial charge < -0.3 is 14.2 Å². The van der Waals surface area contributed by atoms with Gasteiger partial charge in [0.2, 0.25) is 0 Å². The number of hydrogen-bond acceptors (Lipinski definition) is 6. The second kappa shape index (κ2) is 15.5. The highest BCUT2D eigenvalue weighted by atomic mass is 16.5. The van der Waals surface area contributed by atoms with Gasteiger partial charge in [-0.25, -0.2) is 0 Å². The molecule has 1 heterocycles. The second-order valence-corrected chi connectivity index (χ2v) is 7.66. The van der Waals surface area contributed by atoms with E-state index < -0.39 is 0 Å². The number of carbonyl (C=O) groups is 3.